The van der Waals surface area contributed by atoms with E-state index in [2.05, 4.69) is 11.8 Å². The zero-order valence-corrected chi connectivity index (χ0v) is 15.6. The number of likely N-dealkylation sites (tertiary alicyclic amines) is 1. The van der Waals surface area contributed by atoms with Crippen LogP contribution in [0.15, 0.2) is 16.5 Å². The second-order valence-electron chi connectivity index (χ2n) is 6.35. The number of carbonyl (C=O) groups is 2. The first-order valence-electron chi connectivity index (χ1n) is 9.36. The van der Waals surface area contributed by atoms with Gasteiger partial charge in [0.15, 0.2) is 5.76 Å². The van der Waals surface area contributed by atoms with E-state index in [4.69, 9.17) is 9.15 Å². The maximum atomic E-state index is 12.9. The van der Waals surface area contributed by atoms with Crippen molar-refractivity contribution < 1.29 is 18.7 Å². The van der Waals surface area contributed by atoms with E-state index in [0.717, 1.165) is 38.1 Å². The lowest BCUT2D eigenvalue weighted by molar-refractivity contribution is -0.143. The Hall–Kier alpha value is -1.82. The smallest absolute Gasteiger partial charge is 0.307 e. The Labute approximate surface area is 150 Å². The van der Waals surface area contributed by atoms with Crippen LogP contribution in [0.3, 0.4) is 0 Å². The third kappa shape index (κ3) is 5.33. The van der Waals surface area contributed by atoms with Gasteiger partial charge in [-0.3, -0.25) is 14.5 Å². The van der Waals surface area contributed by atoms with Gasteiger partial charge in [-0.25, -0.2) is 0 Å². The number of nitrogens with zero attached hydrogens (tertiary/aromatic N) is 2. The number of esters is 1. The van der Waals surface area contributed by atoms with Crippen LogP contribution in [0.5, 0.6) is 0 Å². The summed E-state index contributed by atoms with van der Waals surface area (Å²) in [4.78, 5) is 28.7. The molecule has 0 N–H and O–H groups in total. The molecular formula is C19H30N2O4. The minimum absolute atomic E-state index is 0.146. The summed E-state index contributed by atoms with van der Waals surface area (Å²) >= 11 is 0. The van der Waals surface area contributed by atoms with Gasteiger partial charge in [0.1, 0.15) is 5.76 Å². The van der Waals surface area contributed by atoms with Crippen molar-refractivity contribution in [1.29, 1.82) is 0 Å². The van der Waals surface area contributed by atoms with Crippen molar-refractivity contribution in [3.63, 3.8) is 0 Å². The summed E-state index contributed by atoms with van der Waals surface area (Å²) in [6.45, 7) is 9.30. The van der Waals surface area contributed by atoms with E-state index in [0.29, 0.717) is 31.5 Å². The Morgan fingerprint density at radius 3 is 2.76 bits per heavy atom. The van der Waals surface area contributed by atoms with Crippen LogP contribution >= 0.6 is 0 Å². The molecule has 1 aliphatic heterocycles. The van der Waals surface area contributed by atoms with E-state index in [-0.39, 0.29) is 18.3 Å². The van der Waals surface area contributed by atoms with Crippen LogP contribution in [0.1, 0.15) is 56.3 Å². The molecule has 1 aromatic heterocycles. The molecule has 0 spiro atoms. The van der Waals surface area contributed by atoms with Crippen molar-refractivity contribution in [2.24, 2.45) is 0 Å². The third-order valence-electron chi connectivity index (χ3n) is 4.74. The van der Waals surface area contributed by atoms with Gasteiger partial charge in [0, 0.05) is 25.6 Å². The first-order chi connectivity index (χ1) is 12.1. The maximum absolute atomic E-state index is 12.9. The highest BCUT2D eigenvalue weighted by Gasteiger charge is 2.29. The predicted octanol–water partition coefficient (Wildman–Crippen LogP) is 2.72. The number of furan rings is 1. The van der Waals surface area contributed by atoms with Crippen LogP contribution in [0.4, 0.5) is 0 Å². The standard InChI is InChI=1S/C19H30N2O4/c1-4-16-9-10-17(25-16)19(23)21(13-11-18(22)24-6-3)14-15-8-7-12-20(15)5-2/h9-10,15H,4-8,11-14H2,1-3H3. The van der Waals surface area contributed by atoms with Crippen LogP contribution < -0.4 is 0 Å². The minimum Gasteiger partial charge on any atom is -0.466 e. The highest BCUT2D eigenvalue weighted by molar-refractivity contribution is 5.91. The van der Waals surface area contributed by atoms with E-state index >= 15 is 0 Å². The second kappa shape index (κ2) is 9.61. The monoisotopic (exact) mass is 350 g/mol. The molecular weight excluding hydrogens is 320 g/mol. The highest BCUT2D eigenvalue weighted by Crippen LogP contribution is 2.20. The first-order valence-corrected chi connectivity index (χ1v) is 9.36. The van der Waals surface area contributed by atoms with Crippen molar-refractivity contribution in [2.75, 3.05) is 32.8 Å². The summed E-state index contributed by atoms with van der Waals surface area (Å²) in [6, 6.07) is 3.91. The topological polar surface area (TPSA) is 63.0 Å². The molecule has 1 amide bonds. The van der Waals surface area contributed by atoms with Gasteiger partial charge in [-0.05, 0) is 45.0 Å². The van der Waals surface area contributed by atoms with Crippen LogP contribution in [0.2, 0.25) is 0 Å². The van der Waals surface area contributed by atoms with Crippen molar-refractivity contribution in [3.05, 3.63) is 23.7 Å². The Morgan fingerprint density at radius 2 is 2.12 bits per heavy atom. The van der Waals surface area contributed by atoms with E-state index in [1.165, 1.54) is 0 Å². The fraction of sp³-hybridized carbons (Fsp3) is 0.684. The SMILES string of the molecule is CCOC(=O)CCN(CC1CCCN1CC)C(=O)c1ccc(CC)o1. The quantitative estimate of drug-likeness (QED) is 0.641. The molecule has 0 aliphatic carbocycles. The van der Waals surface area contributed by atoms with Crippen LogP contribution in [0.25, 0.3) is 0 Å². The van der Waals surface area contributed by atoms with E-state index in [9.17, 15) is 9.59 Å². The Balaban J connectivity index is 2.07. The summed E-state index contributed by atoms with van der Waals surface area (Å²) in [6.07, 6.45) is 3.19. The lowest BCUT2D eigenvalue weighted by atomic mass is 10.2. The molecule has 6 nitrogen and oxygen atoms in total. The molecule has 0 radical (unpaired) electrons. The van der Waals surface area contributed by atoms with Crippen LogP contribution in [-0.4, -0.2) is 60.5 Å². The summed E-state index contributed by atoms with van der Waals surface area (Å²) in [5.74, 6) is 0.728. The summed E-state index contributed by atoms with van der Waals surface area (Å²) < 4.78 is 10.6. The largest absolute Gasteiger partial charge is 0.466 e. The molecule has 140 valence electrons. The van der Waals surface area contributed by atoms with Crippen LogP contribution in [-0.2, 0) is 16.0 Å². The molecule has 1 saturated heterocycles. The predicted molar refractivity (Wildman–Crippen MR) is 95.5 cm³/mol. The molecule has 25 heavy (non-hydrogen) atoms. The molecule has 0 saturated carbocycles. The second-order valence-corrected chi connectivity index (χ2v) is 6.35. The average Bonchev–Trinajstić information content (AvgIpc) is 3.26. The van der Waals surface area contributed by atoms with E-state index in [1.807, 2.05) is 13.0 Å². The number of ether oxygens (including phenoxy) is 1. The van der Waals surface area contributed by atoms with Gasteiger partial charge >= 0.3 is 5.97 Å². The third-order valence-corrected chi connectivity index (χ3v) is 4.74. The van der Waals surface area contributed by atoms with Crippen molar-refractivity contribution in [1.82, 2.24) is 9.80 Å². The number of amides is 1. The normalized spacial score (nSPS) is 17.6. The number of hydrogen-bond acceptors (Lipinski definition) is 5. The fourth-order valence-corrected chi connectivity index (χ4v) is 3.35. The van der Waals surface area contributed by atoms with Gasteiger partial charge in [0.05, 0.1) is 13.0 Å². The number of likely N-dealkylation sites (N-methyl/N-ethyl adjacent to an activating group) is 1. The molecule has 2 heterocycles. The summed E-state index contributed by atoms with van der Waals surface area (Å²) in [7, 11) is 0. The van der Waals surface area contributed by atoms with Gasteiger partial charge < -0.3 is 14.1 Å². The number of carbonyl (C=O) groups excluding carboxylic acids is 2. The minimum atomic E-state index is -0.271. The van der Waals surface area contributed by atoms with Crippen molar-refractivity contribution in [2.45, 2.75) is 52.5 Å². The average molecular weight is 350 g/mol. The zero-order valence-electron chi connectivity index (χ0n) is 15.6. The molecule has 6 heteroatoms. The molecule has 1 fully saturated rings. The molecule has 1 atom stereocenters. The Kier molecular flexibility index (Phi) is 7.50. The van der Waals surface area contributed by atoms with Crippen molar-refractivity contribution >= 4 is 11.9 Å². The van der Waals surface area contributed by atoms with E-state index < -0.39 is 0 Å². The lowest BCUT2D eigenvalue weighted by Gasteiger charge is -2.29. The van der Waals surface area contributed by atoms with Gasteiger partial charge in [-0.15, -0.1) is 0 Å². The number of rotatable bonds is 9. The molecule has 2 rings (SSSR count). The Bertz CT molecular complexity index is 570. The summed E-state index contributed by atoms with van der Waals surface area (Å²) in [5.41, 5.74) is 0. The molecule has 1 aliphatic rings. The first kappa shape index (κ1) is 19.5. The molecule has 0 aromatic carbocycles. The number of hydrogen-bond donors (Lipinski definition) is 0. The molecule has 1 unspecified atom stereocenters. The van der Waals surface area contributed by atoms with Gasteiger partial charge in [-0.2, -0.15) is 0 Å². The van der Waals surface area contributed by atoms with E-state index in [1.54, 1.807) is 17.9 Å². The zero-order chi connectivity index (χ0) is 18.2. The van der Waals surface area contributed by atoms with Crippen molar-refractivity contribution in [3.8, 4) is 0 Å². The highest BCUT2D eigenvalue weighted by atomic mass is 16.5. The van der Waals surface area contributed by atoms with Gasteiger partial charge in [-0.1, -0.05) is 13.8 Å². The lowest BCUT2D eigenvalue weighted by Crippen LogP contribution is -2.43. The number of aryl methyl sites for hydroxylation is 1. The fourth-order valence-electron chi connectivity index (χ4n) is 3.35. The summed E-state index contributed by atoms with van der Waals surface area (Å²) in [5, 5.41) is 0. The Morgan fingerprint density at radius 1 is 1.32 bits per heavy atom. The van der Waals surface area contributed by atoms with Gasteiger partial charge in [0.2, 0.25) is 0 Å². The van der Waals surface area contributed by atoms with Gasteiger partial charge in [0.25, 0.3) is 5.91 Å². The molecule has 0 bridgehead atoms. The maximum Gasteiger partial charge on any atom is 0.307 e. The molecule has 1 aromatic rings. The van der Waals surface area contributed by atoms with Crippen LogP contribution in [0, 0.1) is 0 Å².